The topological polar surface area (TPSA) is 73.6 Å². The molecule has 4 N–H and O–H groups in total. The maximum absolute atomic E-state index is 13.7. The van der Waals surface area contributed by atoms with Crippen LogP contribution in [-0.2, 0) is 10.3 Å². The summed E-state index contributed by atoms with van der Waals surface area (Å²) in [5, 5.41) is -0.170. The summed E-state index contributed by atoms with van der Waals surface area (Å²) >= 11 is 5.95. The van der Waals surface area contributed by atoms with Gasteiger partial charge in [0.2, 0.25) is 0 Å². The maximum Gasteiger partial charge on any atom is 0.283 e. The molecule has 0 spiro atoms. The molecule has 1 fully saturated rings. The average Bonchev–Trinajstić information content (AvgIpc) is 3.12. The van der Waals surface area contributed by atoms with Crippen LogP contribution in [0.1, 0.15) is 12.0 Å². The molecule has 3 atom stereocenters. The van der Waals surface area contributed by atoms with Crippen LogP contribution < -0.4 is 11.5 Å². The number of anilines is 1. The van der Waals surface area contributed by atoms with E-state index in [4.69, 9.17) is 27.8 Å². The highest BCUT2D eigenvalue weighted by atomic mass is 35.5. The highest BCUT2D eigenvalue weighted by molar-refractivity contribution is 6.31. The molecule has 0 radical (unpaired) electrons. The molecular formula is C12H12ClF2N3O. The highest BCUT2D eigenvalue weighted by Crippen LogP contribution is 2.54. The summed E-state index contributed by atoms with van der Waals surface area (Å²) in [6.45, 7) is -0.832. The van der Waals surface area contributed by atoms with E-state index in [1.807, 2.05) is 0 Å². The molecule has 19 heavy (non-hydrogen) atoms. The number of nitrogens with two attached hydrogens (primary N) is 2. The van der Waals surface area contributed by atoms with Crippen molar-refractivity contribution in [2.24, 2.45) is 16.6 Å². The first-order chi connectivity index (χ1) is 8.98. The van der Waals surface area contributed by atoms with Crippen molar-refractivity contribution in [3.05, 3.63) is 28.5 Å². The van der Waals surface area contributed by atoms with Gasteiger partial charge in [-0.2, -0.15) is 0 Å². The Bertz CT molecular complexity index is 580. The van der Waals surface area contributed by atoms with Crippen LogP contribution in [0.4, 0.5) is 14.5 Å². The van der Waals surface area contributed by atoms with Gasteiger partial charge in [0, 0.05) is 17.2 Å². The third-order valence-corrected chi connectivity index (χ3v) is 4.03. The Kier molecular flexibility index (Phi) is 2.60. The Morgan fingerprint density at radius 3 is 2.89 bits per heavy atom. The van der Waals surface area contributed by atoms with Gasteiger partial charge < -0.3 is 16.2 Å². The predicted molar refractivity (Wildman–Crippen MR) is 68.1 cm³/mol. The molecular weight excluding hydrogens is 276 g/mol. The Labute approximate surface area is 113 Å². The molecule has 1 aliphatic carbocycles. The summed E-state index contributed by atoms with van der Waals surface area (Å²) in [7, 11) is 0. The molecule has 3 rings (SSSR count). The van der Waals surface area contributed by atoms with Crippen molar-refractivity contribution in [2.45, 2.75) is 18.1 Å². The Balaban J connectivity index is 2.20. The number of hydrogen-bond donors (Lipinski definition) is 2. The largest absolute Gasteiger partial charge is 0.462 e. The van der Waals surface area contributed by atoms with Gasteiger partial charge in [0.1, 0.15) is 24.1 Å². The van der Waals surface area contributed by atoms with Crippen LogP contribution in [0.15, 0.2) is 17.1 Å². The van der Waals surface area contributed by atoms with Crippen molar-refractivity contribution in [2.75, 3.05) is 12.4 Å². The molecule has 1 heterocycles. The number of nitrogen functional groups attached to an aromatic ring is 1. The van der Waals surface area contributed by atoms with Gasteiger partial charge in [0.25, 0.3) is 6.02 Å². The zero-order valence-corrected chi connectivity index (χ0v) is 10.6. The fourth-order valence-electron chi connectivity index (χ4n) is 2.65. The lowest BCUT2D eigenvalue weighted by molar-refractivity contribution is 0.170. The first-order valence-electron chi connectivity index (χ1n) is 5.81. The number of fused-ring (bicyclic) bond motifs is 1. The number of ether oxygens (including phenoxy) is 1. The average molecular weight is 288 g/mol. The monoisotopic (exact) mass is 287 g/mol. The van der Waals surface area contributed by atoms with Gasteiger partial charge in [-0.05, 0) is 18.6 Å². The van der Waals surface area contributed by atoms with Crippen LogP contribution in [-0.4, -0.2) is 18.8 Å². The van der Waals surface area contributed by atoms with Gasteiger partial charge in [0.05, 0.1) is 5.02 Å². The van der Waals surface area contributed by atoms with E-state index in [9.17, 15) is 8.78 Å². The molecule has 7 heteroatoms. The van der Waals surface area contributed by atoms with Crippen LogP contribution in [0.2, 0.25) is 5.02 Å². The van der Waals surface area contributed by atoms with Crippen LogP contribution in [0.5, 0.6) is 0 Å². The number of nitrogens with zero attached hydrogens (tertiary/aromatic N) is 1. The van der Waals surface area contributed by atoms with Crippen LogP contribution in [0.3, 0.4) is 0 Å². The Hall–Kier alpha value is -1.56. The number of hydrogen-bond acceptors (Lipinski definition) is 4. The van der Waals surface area contributed by atoms with E-state index < -0.39 is 18.0 Å². The van der Waals surface area contributed by atoms with E-state index >= 15 is 0 Å². The van der Waals surface area contributed by atoms with Crippen LogP contribution in [0.25, 0.3) is 0 Å². The lowest BCUT2D eigenvalue weighted by atomic mass is 9.85. The van der Waals surface area contributed by atoms with E-state index in [0.717, 1.165) is 6.07 Å². The third kappa shape index (κ3) is 1.74. The number of rotatable bonds is 2. The van der Waals surface area contributed by atoms with Gasteiger partial charge in [-0.3, -0.25) is 0 Å². The first-order valence-corrected chi connectivity index (χ1v) is 6.18. The Morgan fingerprint density at radius 1 is 1.47 bits per heavy atom. The highest BCUT2D eigenvalue weighted by Gasteiger charge is 2.59. The standard InChI is InChI=1S/C12H12ClF2N3O/c13-10-7(1-5(16)2-8(10)15)12(4-14)6-3-9(6)19-11(17)18-12/h1-2,6,9H,3-4,16H2,(H2,17,18)/t6-,9+,12-/m0/s1. The summed E-state index contributed by atoms with van der Waals surface area (Å²) in [4.78, 5) is 4.06. The van der Waals surface area contributed by atoms with Gasteiger partial charge in [-0.15, -0.1) is 0 Å². The fourth-order valence-corrected chi connectivity index (χ4v) is 2.92. The number of amidine groups is 1. The molecule has 1 aromatic rings. The van der Waals surface area contributed by atoms with E-state index in [0.29, 0.717) is 6.42 Å². The van der Waals surface area contributed by atoms with Gasteiger partial charge >= 0.3 is 0 Å². The number of benzene rings is 1. The minimum Gasteiger partial charge on any atom is -0.462 e. The van der Waals surface area contributed by atoms with Crippen molar-refractivity contribution in [3.63, 3.8) is 0 Å². The first kappa shape index (κ1) is 12.5. The zero-order valence-electron chi connectivity index (χ0n) is 9.87. The second-order valence-corrected chi connectivity index (χ2v) is 5.25. The van der Waals surface area contributed by atoms with Crippen LogP contribution in [0, 0.1) is 11.7 Å². The molecule has 0 unspecified atom stereocenters. The molecule has 1 aromatic carbocycles. The Morgan fingerprint density at radius 2 is 2.21 bits per heavy atom. The molecule has 1 aliphatic heterocycles. The second kappa shape index (κ2) is 3.96. The quantitative estimate of drug-likeness (QED) is 0.817. The van der Waals surface area contributed by atoms with Gasteiger partial charge in [0.15, 0.2) is 0 Å². The molecule has 0 bridgehead atoms. The van der Waals surface area contributed by atoms with Gasteiger partial charge in [-0.1, -0.05) is 11.6 Å². The molecule has 0 amide bonds. The van der Waals surface area contributed by atoms with Gasteiger partial charge in [-0.25, -0.2) is 13.8 Å². The molecule has 2 aliphatic rings. The van der Waals surface area contributed by atoms with Crippen molar-refractivity contribution in [3.8, 4) is 0 Å². The lowest BCUT2D eigenvalue weighted by Crippen LogP contribution is -2.39. The van der Waals surface area contributed by atoms with Crippen molar-refractivity contribution >= 4 is 23.3 Å². The molecule has 0 aromatic heterocycles. The molecule has 4 nitrogen and oxygen atoms in total. The number of halogens is 3. The summed E-state index contributed by atoms with van der Waals surface area (Å²) < 4.78 is 32.6. The summed E-state index contributed by atoms with van der Waals surface area (Å²) in [6, 6.07) is 2.44. The van der Waals surface area contributed by atoms with E-state index in [2.05, 4.69) is 4.99 Å². The predicted octanol–water partition coefficient (Wildman–Crippen LogP) is 1.96. The summed E-state index contributed by atoms with van der Waals surface area (Å²) in [5.41, 5.74) is 10.3. The lowest BCUT2D eigenvalue weighted by Gasteiger charge is -2.32. The molecule has 102 valence electrons. The minimum absolute atomic E-state index is 0.102. The zero-order chi connectivity index (χ0) is 13.8. The van der Waals surface area contributed by atoms with E-state index in [1.54, 1.807) is 0 Å². The SMILES string of the molecule is NC1=N[C@](CF)(c2cc(N)cc(F)c2Cl)[C@H]2C[C@H]2O1. The van der Waals surface area contributed by atoms with Crippen molar-refractivity contribution in [1.82, 2.24) is 0 Å². The number of aliphatic imine (C=N–C) groups is 1. The molecule has 1 saturated carbocycles. The minimum atomic E-state index is -1.29. The fraction of sp³-hybridized carbons (Fsp3) is 0.417. The van der Waals surface area contributed by atoms with Crippen molar-refractivity contribution < 1.29 is 13.5 Å². The summed E-state index contributed by atoms with van der Waals surface area (Å²) in [5.74, 6) is -0.884. The maximum atomic E-state index is 13.7. The van der Waals surface area contributed by atoms with Crippen LogP contribution >= 0.6 is 11.6 Å². The summed E-state index contributed by atoms with van der Waals surface area (Å²) in [6.07, 6.45) is 0.426. The smallest absolute Gasteiger partial charge is 0.283 e. The second-order valence-electron chi connectivity index (χ2n) is 4.87. The van der Waals surface area contributed by atoms with E-state index in [-0.39, 0.29) is 34.3 Å². The normalized spacial score (nSPS) is 32.3. The van der Waals surface area contributed by atoms with Crippen molar-refractivity contribution in [1.29, 1.82) is 0 Å². The molecule has 0 saturated heterocycles. The number of alkyl halides is 1. The third-order valence-electron chi connectivity index (χ3n) is 3.65. The van der Waals surface area contributed by atoms with E-state index in [1.165, 1.54) is 6.07 Å².